The summed E-state index contributed by atoms with van der Waals surface area (Å²) in [6, 6.07) is 1.62. The van der Waals surface area contributed by atoms with E-state index in [9.17, 15) is 31.4 Å². The molecule has 8 nitrogen and oxygen atoms in total. The molecule has 0 amide bonds. The standard InChI is InChI=1S/C19H19F6N7OS/c20-18(21,22)3-1-11-7-12-14(26-17(27-15(12)34-11)31-4-2-10(33)8-31)30-5-6-32-13(9-30)28-29-16(32)19(23,24)25/h7,10,33H,1-6,8-9H2. The maximum absolute atomic E-state index is 13.2. The van der Waals surface area contributed by atoms with Crippen molar-refractivity contribution in [2.75, 3.05) is 29.4 Å². The molecule has 0 spiro atoms. The van der Waals surface area contributed by atoms with Gasteiger partial charge in [-0.15, -0.1) is 21.5 Å². The molecule has 0 saturated carbocycles. The van der Waals surface area contributed by atoms with Crippen LogP contribution in [0.4, 0.5) is 38.1 Å². The summed E-state index contributed by atoms with van der Waals surface area (Å²) in [5, 5.41) is 17.4. The summed E-state index contributed by atoms with van der Waals surface area (Å²) in [6.45, 7) is 0.995. The van der Waals surface area contributed by atoms with Crippen molar-refractivity contribution in [2.45, 2.75) is 50.8 Å². The Labute approximate surface area is 192 Å². The second-order valence-electron chi connectivity index (χ2n) is 8.29. The first-order valence-corrected chi connectivity index (χ1v) is 11.3. The van der Waals surface area contributed by atoms with E-state index in [-0.39, 0.29) is 31.9 Å². The van der Waals surface area contributed by atoms with E-state index < -0.39 is 30.7 Å². The highest BCUT2D eigenvalue weighted by Crippen LogP contribution is 2.37. The first kappa shape index (κ1) is 23.1. The van der Waals surface area contributed by atoms with E-state index in [0.29, 0.717) is 46.4 Å². The number of anilines is 2. The number of nitrogens with zero attached hydrogens (tertiary/aromatic N) is 7. The third kappa shape index (κ3) is 4.50. The SMILES string of the molecule is OC1CCN(c2nc(N3CCn4c(nnc4C(F)(F)F)C3)c3cc(CCC(F)(F)F)sc3n2)C1. The number of halogens is 6. The van der Waals surface area contributed by atoms with Crippen LogP contribution in [0.2, 0.25) is 0 Å². The highest BCUT2D eigenvalue weighted by molar-refractivity contribution is 7.18. The molecule has 34 heavy (non-hydrogen) atoms. The molecule has 3 aromatic heterocycles. The van der Waals surface area contributed by atoms with Gasteiger partial charge in [0, 0.05) is 37.5 Å². The van der Waals surface area contributed by atoms with Crippen LogP contribution in [-0.2, 0) is 25.7 Å². The van der Waals surface area contributed by atoms with Crippen LogP contribution in [0.1, 0.15) is 29.4 Å². The Hall–Kier alpha value is -2.68. The zero-order chi connectivity index (χ0) is 24.3. The van der Waals surface area contributed by atoms with Gasteiger partial charge in [-0.2, -0.15) is 31.3 Å². The van der Waals surface area contributed by atoms with Crippen LogP contribution in [0, 0.1) is 0 Å². The first-order valence-electron chi connectivity index (χ1n) is 10.5. The Morgan fingerprint density at radius 1 is 1.03 bits per heavy atom. The van der Waals surface area contributed by atoms with Crippen LogP contribution in [0.3, 0.4) is 0 Å². The van der Waals surface area contributed by atoms with Gasteiger partial charge in [0.2, 0.25) is 11.8 Å². The third-order valence-electron chi connectivity index (χ3n) is 5.82. The molecule has 0 aliphatic carbocycles. The van der Waals surface area contributed by atoms with Crippen molar-refractivity contribution < 1.29 is 31.4 Å². The minimum absolute atomic E-state index is 0.00495. The monoisotopic (exact) mass is 507 g/mol. The van der Waals surface area contributed by atoms with Crippen molar-refractivity contribution in [3.63, 3.8) is 0 Å². The molecular weight excluding hydrogens is 488 g/mol. The van der Waals surface area contributed by atoms with Crippen molar-refractivity contribution in [1.29, 1.82) is 0 Å². The largest absolute Gasteiger partial charge is 0.451 e. The molecule has 1 N–H and O–H groups in total. The van der Waals surface area contributed by atoms with E-state index in [4.69, 9.17) is 0 Å². The molecule has 0 aromatic carbocycles. The summed E-state index contributed by atoms with van der Waals surface area (Å²) < 4.78 is 78.8. The smallest absolute Gasteiger partial charge is 0.391 e. The number of rotatable bonds is 4. The molecule has 5 rings (SSSR count). The summed E-state index contributed by atoms with van der Waals surface area (Å²) in [5.41, 5.74) is 0. The van der Waals surface area contributed by atoms with E-state index in [1.165, 1.54) is 0 Å². The van der Waals surface area contributed by atoms with E-state index in [2.05, 4.69) is 20.2 Å². The van der Waals surface area contributed by atoms with Gasteiger partial charge >= 0.3 is 12.4 Å². The van der Waals surface area contributed by atoms with Gasteiger partial charge in [0.05, 0.1) is 18.0 Å². The van der Waals surface area contributed by atoms with Crippen LogP contribution in [-0.4, -0.2) is 61.8 Å². The van der Waals surface area contributed by atoms with Gasteiger partial charge in [-0.05, 0) is 18.9 Å². The fraction of sp³-hybridized carbons (Fsp3) is 0.579. The van der Waals surface area contributed by atoms with E-state index in [0.717, 1.165) is 15.9 Å². The molecule has 2 aliphatic rings. The Kier molecular flexibility index (Phi) is 5.58. The van der Waals surface area contributed by atoms with Crippen molar-refractivity contribution in [3.8, 4) is 0 Å². The number of hydrogen-bond acceptors (Lipinski definition) is 8. The summed E-state index contributed by atoms with van der Waals surface area (Å²) in [6.07, 6.45) is -10.1. The number of aliphatic hydroxyl groups excluding tert-OH is 1. The molecule has 15 heteroatoms. The van der Waals surface area contributed by atoms with Crippen molar-refractivity contribution >= 4 is 33.3 Å². The number of alkyl halides is 6. The number of thiophene rings is 1. The maximum atomic E-state index is 13.2. The number of aromatic nitrogens is 5. The minimum atomic E-state index is -4.62. The Bertz CT molecular complexity index is 1210. The highest BCUT2D eigenvalue weighted by atomic mass is 32.1. The van der Waals surface area contributed by atoms with Gasteiger partial charge in [0.1, 0.15) is 10.6 Å². The van der Waals surface area contributed by atoms with Crippen LogP contribution in [0.5, 0.6) is 0 Å². The molecule has 1 fully saturated rings. The molecule has 0 radical (unpaired) electrons. The topological polar surface area (TPSA) is 83.2 Å². The number of aryl methyl sites for hydroxylation is 1. The molecule has 1 atom stereocenters. The van der Waals surface area contributed by atoms with Crippen LogP contribution in [0.25, 0.3) is 10.2 Å². The van der Waals surface area contributed by atoms with Gasteiger partial charge in [0.15, 0.2) is 5.82 Å². The lowest BCUT2D eigenvalue weighted by Gasteiger charge is -2.30. The van der Waals surface area contributed by atoms with Gasteiger partial charge in [0.25, 0.3) is 0 Å². The van der Waals surface area contributed by atoms with Gasteiger partial charge in [-0.3, -0.25) is 0 Å². The fourth-order valence-electron chi connectivity index (χ4n) is 4.19. The first-order chi connectivity index (χ1) is 16.0. The minimum Gasteiger partial charge on any atom is -0.391 e. The summed E-state index contributed by atoms with van der Waals surface area (Å²) >= 11 is 1.13. The molecule has 5 heterocycles. The molecule has 184 valence electrons. The second-order valence-corrected chi connectivity index (χ2v) is 9.41. The van der Waals surface area contributed by atoms with E-state index in [1.54, 1.807) is 15.9 Å². The molecule has 1 saturated heterocycles. The van der Waals surface area contributed by atoms with E-state index in [1.807, 2.05) is 0 Å². The fourth-order valence-corrected chi connectivity index (χ4v) is 5.20. The van der Waals surface area contributed by atoms with Crippen molar-refractivity contribution in [3.05, 3.63) is 22.6 Å². The van der Waals surface area contributed by atoms with Crippen molar-refractivity contribution in [2.24, 2.45) is 0 Å². The quantitative estimate of drug-likeness (QED) is 0.542. The number of aliphatic hydroxyl groups is 1. The summed E-state index contributed by atoms with van der Waals surface area (Å²) in [5.74, 6) is -0.201. The number of fused-ring (bicyclic) bond motifs is 2. The van der Waals surface area contributed by atoms with Crippen LogP contribution >= 0.6 is 11.3 Å². The molecule has 2 aliphatic heterocycles. The third-order valence-corrected chi connectivity index (χ3v) is 6.91. The predicted octanol–water partition coefficient (Wildman–Crippen LogP) is 3.39. The number of hydrogen-bond donors (Lipinski definition) is 1. The Morgan fingerprint density at radius 2 is 1.82 bits per heavy atom. The number of β-amino-alcohol motifs (C(OH)–C–C–N with tert-alkyl or cyclic N) is 1. The van der Waals surface area contributed by atoms with E-state index >= 15 is 0 Å². The average Bonchev–Trinajstić information content (AvgIpc) is 3.47. The summed E-state index contributed by atoms with van der Waals surface area (Å²) in [7, 11) is 0. The molecular formula is C19H19F6N7OS. The molecule has 1 unspecified atom stereocenters. The molecule has 0 bridgehead atoms. The van der Waals surface area contributed by atoms with Gasteiger partial charge < -0.3 is 19.5 Å². The lowest BCUT2D eigenvalue weighted by molar-refractivity contribution is -0.147. The molecule has 3 aromatic rings. The van der Waals surface area contributed by atoms with Crippen LogP contribution in [0.15, 0.2) is 6.07 Å². The second kappa shape index (κ2) is 8.22. The summed E-state index contributed by atoms with van der Waals surface area (Å²) in [4.78, 5) is 13.7. The zero-order valence-corrected chi connectivity index (χ0v) is 18.4. The predicted molar refractivity (Wildman–Crippen MR) is 111 cm³/mol. The van der Waals surface area contributed by atoms with Gasteiger partial charge in [-0.1, -0.05) is 0 Å². The van der Waals surface area contributed by atoms with Crippen molar-refractivity contribution in [1.82, 2.24) is 24.7 Å². The maximum Gasteiger partial charge on any atom is 0.451 e. The Balaban J connectivity index is 1.52. The normalized spacial score (nSPS) is 19.3. The lowest BCUT2D eigenvalue weighted by Crippen LogP contribution is -2.36. The van der Waals surface area contributed by atoms with Gasteiger partial charge in [-0.25, -0.2) is 4.98 Å². The zero-order valence-electron chi connectivity index (χ0n) is 17.6. The van der Waals surface area contributed by atoms with Crippen LogP contribution < -0.4 is 9.80 Å². The Morgan fingerprint density at radius 3 is 2.50 bits per heavy atom. The average molecular weight is 507 g/mol. The highest BCUT2D eigenvalue weighted by Gasteiger charge is 2.40. The lowest BCUT2D eigenvalue weighted by atomic mass is 10.2.